The Labute approximate surface area is 156 Å². The van der Waals surface area contributed by atoms with Crippen molar-refractivity contribution in [1.82, 2.24) is 4.98 Å². The molecule has 4 nitrogen and oxygen atoms in total. The molecule has 54 valence electrons. The molecule has 0 aliphatic rings. The van der Waals surface area contributed by atoms with Crippen molar-refractivity contribution in [1.29, 1.82) is 0 Å². The van der Waals surface area contributed by atoms with Gasteiger partial charge in [0.2, 0.25) is 0 Å². The fraction of sp³-hybridized carbons (Fsp3) is 0. The Morgan fingerprint density at radius 2 is 1.33 bits per heavy atom. The summed E-state index contributed by atoms with van der Waals surface area (Å²) in [6.07, 6.45) is 1.17. The molecule has 0 radical (unpaired) electrons. The quantitative estimate of drug-likeness (QED) is 0.405. The van der Waals surface area contributed by atoms with Crippen LogP contribution in [-0.4, -0.2) is 11.1 Å². The van der Waals surface area contributed by atoms with Gasteiger partial charge in [0, 0.05) is 12.4 Å². The van der Waals surface area contributed by atoms with Crippen molar-refractivity contribution in [2.24, 2.45) is 0 Å². The van der Waals surface area contributed by atoms with Crippen molar-refractivity contribution < 1.29 is 118 Å². The van der Waals surface area contributed by atoms with E-state index < -0.39 is 6.16 Å². The van der Waals surface area contributed by atoms with E-state index in [4.69, 9.17) is 15.0 Å². The first-order valence-electron chi connectivity index (χ1n) is 2.46. The third-order valence-electron chi connectivity index (χ3n) is 0.566. The summed E-state index contributed by atoms with van der Waals surface area (Å²) in [6, 6.07) is 5.72. The van der Waals surface area contributed by atoms with Crippen LogP contribution in [0.1, 0.15) is 0 Å². The maximum absolute atomic E-state index is 8.33. The number of carbonyl (C=O) groups excluding carboxylic acids is 1. The number of carbonyl (C=O) groups is 1. The topological polar surface area (TPSA) is 76.1 Å². The van der Waals surface area contributed by atoms with Crippen LogP contribution >= 0.6 is 0 Å². The van der Waals surface area contributed by atoms with Crippen LogP contribution in [0.4, 0.5) is 4.79 Å². The second kappa shape index (κ2) is 15.2. The molecule has 0 saturated carbocycles. The van der Waals surface area contributed by atoms with E-state index in [0.717, 1.165) is 0 Å². The first-order chi connectivity index (χ1) is 4.73. The van der Waals surface area contributed by atoms with Crippen LogP contribution in [0.25, 0.3) is 0 Å². The van der Waals surface area contributed by atoms with E-state index in [2.05, 4.69) is 4.98 Å². The average molecular weight is 217 g/mol. The van der Waals surface area contributed by atoms with E-state index in [-0.39, 0.29) is 103 Å². The molecule has 0 amide bonds. The summed E-state index contributed by atoms with van der Waals surface area (Å²) in [5.74, 6) is 0. The molecule has 0 saturated heterocycles. The molecule has 0 aliphatic heterocycles. The van der Waals surface area contributed by atoms with E-state index in [1.807, 2.05) is 18.2 Å². The SMILES string of the molecule is O=C([O-])[O-].[K+].[K+].c1ccncc1. The van der Waals surface area contributed by atoms with Crippen molar-refractivity contribution in [2.45, 2.75) is 0 Å². The zero-order valence-electron chi connectivity index (χ0n) is 7.06. The molecule has 1 rings (SSSR count). The number of rotatable bonds is 0. The van der Waals surface area contributed by atoms with E-state index in [0.29, 0.717) is 0 Å². The van der Waals surface area contributed by atoms with Crippen LogP contribution in [0.5, 0.6) is 0 Å². The zero-order valence-corrected chi connectivity index (χ0v) is 13.3. The van der Waals surface area contributed by atoms with Crippen LogP contribution in [0, 0.1) is 0 Å². The van der Waals surface area contributed by atoms with Crippen LogP contribution < -0.4 is 113 Å². The molecule has 0 aliphatic carbocycles. The molecule has 0 fully saturated rings. The van der Waals surface area contributed by atoms with Gasteiger partial charge in [-0.3, -0.25) is 4.98 Å². The summed E-state index contributed by atoms with van der Waals surface area (Å²) in [5.41, 5.74) is 0. The Morgan fingerprint density at radius 1 is 1.00 bits per heavy atom. The summed E-state index contributed by atoms with van der Waals surface area (Å²) >= 11 is 0. The van der Waals surface area contributed by atoms with Crippen molar-refractivity contribution in [2.75, 3.05) is 0 Å². The number of hydrogen-bond acceptors (Lipinski definition) is 4. The first-order valence-corrected chi connectivity index (χ1v) is 2.46. The van der Waals surface area contributed by atoms with Crippen molar-refractivity contribution in [3.63, 3.8) is 0 Å². The van der Waals surface area contributed by atoms with Gasteiger partial charge in [0.25, 0.3) is 0 Å². The minimum absolute atomic E-state index is 0. The standard InChI is InChI=1S/C5H5N.CH2O3.2K/c1-2-4-6-5-3-1;2-1(3)4;;/h1-5H;(H2,2,3,4);;/q;;2*+1/p-2. The third kappa shape index (κ3) is 22.6. The minimum atomic E-state index is -2.33. The fourth-order valence-corrected chi connectivity index (χ4v) is 0.313. The zero-order chi connectivity index (χ0) is 7.82. The average Bonchev–Trinajstić information content (AvgIpc) is 1.90. The molecule has 0 bridgehead atoms. The van der Waals surface area contributed by atoms with Gasteiger partial charge in [0.1, 0.15) is 0 Å². The van der Waals surface area contributed by atoms with Gasteiger partial charge in [-0.25, -0.2) is 0 Å². The molecule has 1 heterocycles. The maximum atomic E-state index is 8.33. The predicted molar refractivity (Wildman–Crippen MR) is 29.6 cm³/mol. The van der Waals surface area contributed by atoms with Gasteiger partial charge in [-0.15, -0.1) is 0 Å². The number of hydrogen-bond donors (Lipinski definition) is 0. The molecule has 0 spiro atoms. The molecule has 1 aromatic rings. The molecule has 12 heavy (non-hydrogen) atoms. The van der Waals surface area contributed by atoms with Gasteiger partial charge in [0.15, 0.2) is 0 Å². The van der Waals surface area contributed by atoms with E-state index in [1.165, 1.54) is 0 Å². The normalized spacial score (nSPS) is 6.00. The third-order valence-corrected chi connectivity index (χ3v) is 0.566. The van der Waals surface area contributed by atoms with Gasteiger partial charge in [0.05, 0.1) is 0 Å². The number of aromatic nitrogens is 1. The van der Waals surface area contributed by atoms with Gasteiger partial charge in [-0.05, 0) is 18.3 Å². The summed E-state index contributed by atoms with van der Waals surface area (Å²) in [4.78, 5) is 12.1. The summed E-state index contributed by atoms with van der Waals surface area (Å²) in [6.45, 7) is 0. The van der Waals surface area contributed by atoms with Crippen molar-refractivity contribution >= 4 is 6.16 Å². The largest absolute Gasteiger partial charge is 1.00 e. The van der Waals surface area contributed by atoms with E-state index in [9.17, 15) is 0 Å². The second-order valence-electron chi connectivity index (χ2n) is 1.27. The maximum Gasteiger partial charge on any atom is 1.00 e. The van der Waals surface area contributed by atoms with Gasteiger partial charge in [-0.2, -0.15) is 0 Å². The van der Waals surface area contributed by atoms with Crippen LogP contribution in [0.15, 0.2) is 30.6 Å². The predicted octanol–water partition coefficient (Wildman–Crippen LogP) is -7.36. The van der Waals surface area contributed by atoms with Crippen molar-refractivity contribution in [3.8, 4) is 0 Å². The van der Waals surface area contributed by atoms with Gasteiger partial charge in [-0.1, -0.05) is 6.07 Å². The molecule has 0 unspecified atom stereocenters. The Hall–Kier alpha value is 1.69. The monoisotopic (exact) mass is 217 g/mol. The second-order valence-corrected chi connectivity index (χ2v) is 1.27. The summed E-state index contributed by atoms with van der Waals surface area (Å²) in [5, 5.41) is 16.7. The van der Waals surface area contributed by atoms with Crippen LogP contribution in [-0.2, 0) is 0 Å². The van der Waals surface area contributed by atoms with Gasteiger partial charge >= 0.3 is 103 Å². The van der Waals surface area contributed by atoms with Crippen LogP contribution in [0.3, 0.4) is 0 Å². The molecule has 0 aromatic carbocycles. The smallest absolute Gasteiger partial charge is 0.652 e. The van der Waals surface area contributed by atoms with E-state index in [1.54, 1.807) is 12.4 Å². The molecule has 1 aromatic heterocycles. The molecule has 0 atom stereocenters. The Bertz CT molecular complexity index is 153. The fourth-order valence-electron chi connectivity index (χ4n) is 0.313. The minimum Gasteiger partial charge on any atom is -0.652 e. The number of pyridine rings is 1. The molecular formula is C6H5K2NO3. The Balaban J connectivity index is -0.000000124. The van der Waals surface area contributed by atoms with E-state index >= 15 is 0 Å². The summed E-state index contributed by atoms with van der Waals surface area (Å²) in [7, 11) is 0. The van der Waals surface area contributed by atoms with Crippen molar-refractivity contribution in [3.05, 3.63) is 30.6 Å². The summed E-state index contributed by atoms with van der Waals surface area (Å²) < 4.78 is 0. The molecule has 6 heteroatoms. The number of carboxylic acid groups (broad SMARTS) is 2. The van der Waals surface area contributed by atoms with Crippen LogP contribution in [0.2, 0.25) is 0 Å². The first kappa shape index (κ1) is 19.3. The molecular weight excluding hydrogens is 212 g/mol. The molecule has 0 N–H and O–H groups in total. The van der Waals surface area contributed by atoms with Gasteiger partial charge < -0.3 is 15.0 Å². The Kier molecular flexibility index (Phi) is 24.4. The Morgan fingerprint density at radius 3 is 1.42 bits per heavy atom. The number of nitrogens with zero attached hydrogens (tertiary/aromatic N) is 1.